The predicted molar refractivity (Wildman–Crippen MR) is 106 cm³/mol. The molecular formula is C20H23N5O2. The van der Waals surface area contributed by atoms with E-state index in [4.69, 9.17) is 10.7 Å². The lowest BCUT2D eigenvalue weighted by Crippen LogP contribution is -2.27. The molecule has 0 fully saturated rings. The van der Waals surface area contributed by atoms with E-state index in [1.807, 2.05) is 18.2 Å². The lowest BCUT2D eigenvalue weighted by Gasteiger charge is -2.13. The number of carbonyl (C=O) groups excluding carboxylic acids is 2. The fraction of sp³-hybridized carbons (Fsp3) is 0.250. The van der Waals surface area contributed by atoms with Crippen LogP contribution < -0.4 is 16.4 Å². The molecule has 3 aromatic rings. The predicted octanol–water partition coefficient (Wildman–Crippen LogP) is 3.08. The Morgan fingerprint density at radius 3 is 2.67 bits per heavy atom. The molecule has 0 aliphatic carbocycles. The highest BCUT2D eigenvalue weighted by Crippen LogP contribution is 2.21. The third-order valence-corrected chi connectivity index (χ3v) is 4.21. The summed E-state index contributed by atoms with van der Waals surface area (Å²) in [6.45, 7) is 4.70. The summed E-state index contributed by atoms with van der Waals surface area (Å²) in [5.41, 5.74) is 8.10. The Balaban J connectivity index is 1.68. The van der Waals surface area contributed by atoms with Crippen molar-refractivity contribution in [3.05, 3.63) is 59.9 Å². The number of primary amides is 1. The first-order valence-electron chi connectivity index (χ1n) is 8.86. The summed E-state index contributed by atoms with van der Waals surface area (Å²) in [4.78, 5) is 28.0. The number of para-hydroxylation sites is 2. The van der Waals surface area contributed by atoms with Gasteiger partial charge in [0.1, 0.15) is 5.82 Å². The Morgan fingerprint density at radius 1 is 1.15 bits per heavy atom. The van der Waals surface area contributed by atoms with Gasteiger partial charge < -0.3 is 20.9 Å². The van der Waals surface area contributed by atoms with Crippen LogP contribution in [-0.2, 0) is 6.42 Å². The van der Waals surface area contributed by atoms with Gasteiger partial charge in [0.25, 0.3) is 5.91 Å². The highest BCUT2D eigenvalue weighted by Gasteiger charge is 2.13. The van der Waals surface area contributed by atoms with E-state index in [-0.39, 0.29) is 11.9 Å². The lowest BCUT2D eigenvalue weighted by molar-refractivity contribution is 0.0954. The maximum Gasteiger partial charge on any atom is 0.316 e. The lowest BCUT2D eigenvalue weighted by atomic mass is 10.2. The number of urea groups is 1. The number of aromatic nitrogens is 2. The minimum Gasteiger partial charge on any atom is -0.352 e. The van der Waals surface area contributed by atoms with E-state index in [1.165, 1.54) is 0 Å². The number of amides is 3. The van der Waals surface area contributed by atoms with Gasteiger partial charge in [-0.15, -0.1) is 0 Å². The summed E-state index contributed by atoms with van der Waals surface area (Å²) in [5, 5.41) is 5.36. The second-order valence-corrected chi connectivity index (χ2v) is 6.56. The Morgan fingerprint density at radius 2 is 1.93 bits per heavy atom. The molecule has 3 amide bonds. The largest absolute Gasteiger partial charge is 0.352 e. The molecule has 7 nitrogen and oxygen atoms in total. The number of hydrogen-bond donors (Lipinski definition) is 3. The standard InChI is InChI=1S/C20H23N5O2/c1-13(2)25-17-9-4-3-8-16(17)24-18(25)10-11-22-19(26)14-6-5-7-15(12-14)23-20(21)27/h3-9,12-13H,10-11H2,1-2H3,(H,22,26)(H3,21,23,27). The number of nitrogens with one attached hydrogen (secondary N) is 2. The molecule has 4 N–H and O–H groups in total. The smallest absolute Gasteiger partial charge is 0.316 e. The van der Waals surface area contributed by atoms with Crippen LogP contribution >= 0.6 is 0 Å². The molecule has 1 heterocycles. The monoisotopic (exact) mass is 365 g/mol. The van der Waals surface area contributed by atoms with E-state index in [9.17, 15) is 9.59 Å². The zero-order valence-corrected chi connectivity index (χ0v) is 15.4. The van der Waals surface area contributed by atoms with E-state index in [0.29, 0.717) is 24.2 Å². The molecule has 0 atom stereocenters. The fourth-order valence-corrected chi connectivity index (χ4v) is 3.12. The van der Waals surface area contributed by atoms with Gasteiger partial charge in [0.15, 0.2) is 0 Å². The van der Waals surface area contributed by atoms with Gasteiger partial charge in [-0.25, -0.2) is 9.78 Å². The zero-order chi connectivity index (χ0) is 19.4. The van der Waals surface area contributed by atoms with E-state index in [1.54, 1.807) is 24.3 Å². The second kappa shape index (κ2) is 7.90. The van der Waals surface area contributed by atoms with Crippen LogP contribution in [0.2, 0.25) is 0 Å². The van der Waals surface area contributed by atoms with Gasteiger partial charge in [-0.05, 0) is 44.2 Å². The van der Waals surface area contributed by atoms with Crippen LogP contribution in [0.25, 0.3) is 11.0 Å². The van der Waals surface area contributed by atoms with Crippen LogP contribution in [0.5, 0.6) is 0 Å². The van der Waals surface area contributed by atoms with Crippen molar-refractivity contribution >= 4 is 28.7 Å². The van der Waals surface area contributed by atoms with Gasteiger partial charge in [-0.3, -0.25) is 4.79 Å². The average Bonchev–Trinajstić information content (AvgIpc) is 2.99. The average molecular weight is 365 g/mol. The first kappa shape index (κ1) is 18.4. The number of nitrogens with two attached hydrogens (primary N) is 1. The molecule has 0 aliphatic heterocycles. The zero-order valence-electron chi connectivity index (χ0n) is 15.4. The van der Waals surface area contributed by atoms with Crippen molar-refractivity contribution in [3.8, 4) is 0 Å². The minimum absolute atomic E-state index is 0.213. The number of benzene rings is 2. The Hall–Kier alpha value is -3.35. The van der Waals surface area contributed by atoms with Crippen LogP contribution in [-0.4, -0.2) is 28.0 Å². The van der Waals surface area contributed by atoms with Gasteiger partial charge in [0.2, 0.25) is 0 Å². The molecule has 0 saturated carbocycles. The minimum atomic E-state index is -0.667. The molecule has 0 saturated heterocycles. The number of nitrogens with zero attached hydrogens (tertiary/aromatic N) is 2. The molecule has 7 heteroatoms. The van der Waals surface area contributed by atoms with Crippen molar-refractivity contribution in [1.82, 2.24) is 14.9 Å². The molecular weight excluding hydrogens is 342 g/mol. The maximum atomic E-state index is 12.4. The number of carbonyl (C=O) groups is 2. The normalized spacial score (nSPS) is 10.9. The summed E-state index contributed by atoms with van der Waals surface area (Å²) in [7, 11) is 0. The summed E-state index contributed by atoms with van der Waals surface area (Å²) >= 11 is 0. The van der Waals surface area contributed by atoms with Crippen molar-refractivity contribution < 1.29 is 9.59 Å². The highest BCUT2D eigenvalue weighted by molar-refractivity contribution is 5.96. The Bertz CT molecular complexity index is 977. The number of anilines is 1. The molecule has 0 bridgehead atoms. The molecule has 2 aromatic carbocycles. The number of hydrogen-bond acceptors (Lipinski definition) is 3. The van der Waals surface area contributed by atoms with Gasteiger partial charge in [0, 0.05) is 30.3 Å². The van der Waals surface area contributed by atoms with Crippen LogP contribution in [0.3, 0.4) is 0 Å². The Kier molecular flexibility index (Phi) is 5.40. The molecule has 0 unspecified atom stereocenters. The summed E-state index contributed by atoms with van der Waals surface area (Å²) in [6.07, 6.45) is 0.623. The number of fused-ring (bicyclic) bond motifs is 1. The molecule has 3 rings (SSSR count). The van der Waals surface area contributed by atoms with Crippen LogP contribution in [0, 0.1) is 0 Å². The molecule has 0 spiro atoms. The SMILES string of the molecule is CC(C)n1c(CCNC(=O)c2cccc(NC(N)=O)c2)nc2ccccc21. The van der Waals surface area contributed by atoms with Crippen LogP contribution in [0.4, 0.5) is 10.5 Å². The molecule has 0 radical (unpaired) electrons. The first-order chi connectivity index (χ1) is 13.0. The summed E-state index contributed by atoms with van der Waals surface area (Å²) < 4.78 is 2.19. The molecule has 0 aliphatic rings. The van der Waals surface area contributed by atoms with E-state index < -0.39 is 6.03 Å². The van der Waals surface area contributed by atoms with Crippen molar-refractivity contribution in [1.29, 1.82) is 0 Å². The van der Waals surface area contributed by atoms with Gasteiger partial charge >= 0.3 is 6.03 Å². The maximum absolute atomic E-state index is 12.4. The third kappa shape index (κ3) is 4.25. The van der Waals surface area contributed by atoms with Gasteiger partial charge in [0.05, 0.1) is 11.0 Å². The van der Waals surface area contributed by atoms with Crippen molar-refractivity contribution in [3.63, 3.8) is 0 Å². The second-order valence-electron chi connectivity index (χ2n) is 6.56. The van der Waals surface area contributed by atoms with Crippen LogP contribution in [0.15, 0.2) is 48.5 Å². The van der Waals surface area contributed by atoms with Crippen LogP contribution in [0.1, 0.15) is 36.1 Å². The van der Waals surface area contributed by atoms with Crippen molar-refractivity contribution in [2.24, 2.45) is 5.73 Å². The summed E-state index contributed by atoms with van der Waals surface area (Å²) in [5.74, 6) is 0.728. The van der Waals surface area contributed by atoms with E-state index >= 15 is 0 Å². The highest BCUT2D eigenvalue weighted by atomic mass is 16.2. The quantitative estimate of drug-likeness (QED) is 0.625. The molecule has 27 heavy (non-hydrogen) atoms. The number of imidazole rings is 1. The van der Waals surface area contributed by atoms with Gasteiger partial charge in [-0.2, -0.15) is 0 Å². The Labute approximate surface area is 157 Å². The van der Waals surface area contributed by atoms with Crippen molar-refractivity contribution in [2.45, 2.75) is 26.3 Å². The fourth-order valence-electron chi connectivity index (χ4n) is 3.12. The first-order valence-corrected chi connectivity index (χ1v) is 8.86. The van der Waals surface area contributed by atoms with E-state index in [0.717, 1.165) is 16.9 Å². The third-order valence-electron chi connectivity index (χ3n) is 4.21. The summed E-state index contributed by atoms with van der Waals surface area (Å²) in [6, 6.07) is 14.3. The van der Waals surface area contributed by atoms with E-state index in [2.05, 4.69) is 35.1 Å². The van der Waals surface area contributed by atoms with Crippen molar-refractivity contribution in [2.75, 3.05) is 11.9 Å². The number of rotatable bonds is 6. The topological polar surface area (TPSA) is 102 Å². The molecule has 1 aromatic heterocycles. The van der Waals surface area contributed by atoms with Gasteiger partial charge in [-0.1, -0.05) is 18.2 Å². The molecule has 140 valence electrons.